The Balaban J connectivity index is 3.38. The van der Waals surface area contributed by atoms with Crippen molar-refractivity contribution in [2.24, 2.45) is 0 Å². The van der Waals surface area contributed by atoms with Gasteiger partial charge in [-0.3, -0.25) is 5.23 Å². The lowest BCUT2D eigenvalue weighted by atomic mass is 10.2. The Morgan fingerprint density at radius 1 is 1.78 bits per heavy atom. The molecule has 0 rings (SSSR count). The molecule has 0 radical (unpaired) electrons. The van der Waals surface area contributed by atoms with E-state index in [2.05, 4.69) is 0 Å². The third-order valence-electron chi connectivity index (χ3n) is 1.09. The third kappa shape index (κ3) is 4.14. The number of hydroxylamine groups is 2. The summed E-state index contributed by atoms with van der Waals surface area (Å²) >= 11 is 0. The molecule has 0 aromatic heterocycles. The van der Waals surface area contributed by atoms with E-state index in [0.29, 0.717) is 6.42 Å². The maximum absolute atomic E-state index is 10.1. The third-order valence-corrected chi connectivity index (χ3v) is 1.09. The Morgan fingerprint density at radius 2 is 2.33 bits per heavy atom. The molecule has 0 spiro atoms. The second-order valence-electron chi connectivity index (χ2n) is 1.96. The monoisotopic (exact) mass is 130 g/mol. The number of hydrogen-bond donors (Lipinski definition) is 1. The minimum absolute atomic E-state index is 0.0278. The topological polar surface area (TPSA) is 46.5 Å². The number of rotatable bonds is 3. The van der Waals surface area contributed by atoms with Crippen molar-refractivity contribution in [2.45, 2.75) is 26.3 Å². The predicted octanol–water partition coefficient (Wildman–Crippen LogP) is 1.53. The summed E-state index contributed by atoms with van der Waals surface area (Å²) in [5.41, 5.74) is 0. The van der Waals surface area contributed by atoms with Crippen LogP contribution in [0.2, 0.25) is 0 Å². The van der Waals surface area contributed by atoms with Gasteiger partial charge in [0.05, 0.1) is 0 Å². The standard InChI is InChI=1S/C6H12NO2/c1-3-4-5-6(2)7(8)9/h3-4,6,8H,5H2,1-2H3/q-1/b4-3-. The van der Waals surface area contributed by atoms with Crippen LogP contribution in [0.25, 0.3) is 0 Å². The molecule has 1 unspecified atom stereocenters. The van der Waals surface area contributed by atoms with Gasteiger partial charge in [-0.05, 0) is 20.3 Å². The second-order valence-corrected chi connectivity index (χ2v) is 1.96. The Hall–Kier alpha value is -0.380. The molecule has 0 aromatic rings. The summed E-state index contributed by atoms with van der Waals surface area (Å²) < 4.78 is 0. The number of hydrogen-bond acceptors (Lipinski definition) is 3. The zero-order chi connectivity index (χ0) is 7.28. The van der Waals surface area contributed by atoms with Crippen LogP contribution in [0.3, 0.4) is 0 Å². The maximum atomic E-state index is 10.1. The van der Waals surface area contributed by atoms with Crippen molar-refractivity contribution in [2.75, 3.05) is 0 Å². The summed E-state index contributed by atoms with van der Waals surface area (Å²) in [6.45, 7) is 3.53. The SMILES string of the molecule is C/C=C\CC(C)N([O-])O. The van der Waals surface area contributed by atoms with Gasteiger partial charge in [0.1, 0.15) is 0 Å². The normalized spacial score (nSPS) is 15.2. The number of allylic oxidation sites excluding steroid dienone is 1. The van der Waals surface area contributed by atoms with Crippen molar-refractivity contribution < 1.29 is 5.21 Å². The van der Waals surface area contributed by atoms with E-state index >= 15 is 0 Å². The predicted molar refractivity (Wildman–Crippen MR) is 35.9 cm³/mol. The lowest BCUT2D eigenvalue weighted by Crippen LogP contribution is -2.22. The van der Waals surface area contributed by atoms with Gasteiger partial charge in [0, 0.05) is 6.04 Å². The minimum atomic E-state index is -0.332. The second kappa shape index (κ2) is 4.49. The maximum Gasteiger partial charge on any atom is 0.0222 e. The molecule has 1 atom stereocenters. The Morgan fingerprint density at radius 3 is 2.67 bits per heavy atom. The molecule has 3 heteroatoms. The molecule has 3 nitrogen and oxygen atoms in total. The van der Waals surface area contributed by atoms with E-state index in [-0.39, 0.29) is 11.3 Å². The van der Waals surface area contributed by atoms with Gasteiger partial charge >= 0.3 is 0 Å². The van der Waals surface area contributed by atoms with Crippen LogP contribution in [0, 0.1) is 5.21 Å². The van der Waals surface area contributed by atoms with E-state index < -0.39 is 0 Å². The highest BCUT2D eigenvalue weighted by molar-refractivity contribution is 4.81. The Bertz CT molecular complexity index is 91.1. The van der Waals surface area contributed by atoms with Gasteiger partial charge in [0.2, 0.25) is 0 Å². The molecular formula is C6H12NO2-. The summed E-state index contributed by atoms with van der Waals surface area (Å²) in [6.07, 6.45) is 4.28. The first-order valence-corrected chi connectivity index (χ1v) is 2.95. The van der Waals surface area contributed by atoms with Crippen LogP contribution in [0.15, 0.2) is 12.2 Å². The van der Waals surface area contributed by atoms with Gasteiger partial charge in [-0.2, -0.15) is 0 Å². The molecule has 0 saturated carbocycles. The lowest BCUT2D eigenvalue weighted by molar-refractivity contribution is -0.0720. The van der Waals surface area contributed by atoms with Gasteiger partial charge < -0.3 is 10.4 Å². The first-order chi connectivity index (χ1) is 4.18. The smallest absolute Gasteiger partial charge is 0.0222 e. The van der Waals surface area contributed by atoms with E-state index in [4.69, 9.17) is 5.21 Å². The van der Waals surface area contributed by atoms with E-state index in [1.54, 1.807) is 6.92 Å². The first-order valence-electron chi connectivity index (χ1n) is 2.95. The summed E-state index contributed by atoms with van der Waals surface area (Å²) in [6, 6.07) is -0.332. The lowest BCUT2D eigenvalue weighted by Gasteiger charge is -2.26. The minimum Gasteiger partial charge on any atom is -0.762 e. The average molecular weight is 130 g/mol. The van der Waals surface area contributed by atoms with E-state index in [1.807, 2.05) is 19.1 Å². The van der Waals surface area contributed by atoms with Crippen molar-refractivity contribution in [1.29, 1.82) is 0 Å². The molecule has 0 amide bonds. The molecule has 54 valence electrons. The molecule has 0 heterocycles. The van der Waals surface area contributed by atoms with Crippen LogP contribution >= 0.6 is 0 Å². The zero-order valence-electron chi connectivity index (χ0n) is 5.74. The molecule has 0 aliphatic rings. The average Bonchev–Trinajstić information content (AvgIpc) is 1.82. The van der Waals surface area contributed by atoms with Gasteiger partial charge in [0.25, 0.3) is 0 Å². The van der Waals surface area contributed by atoms with Gasteiger partial charge in [-0.25, -0.2) is 0 Å². The summed E-state index contributed by atoms with van der Waals surface area (Å²) in [4.78, 5) is 0. The van der Waals surface area contributed by atoms with Crippen LogP contribution in [0.5, 0.6) is 0 Å². The largest absolute Gasteiger partial charge is 0.762 e. The van der Waals surface area contributed by atoms with Crippen molar-refractivity contribution in [1.82, 2.24) is 5.23 Å². The van der Waals surface area contributed by atoms with Crippen LogP contribution in [0.1, 0.15) is 20.3 Å². The fraction of sp³-hybridized carbons (Fsp3) is 0.667. The summed E-state index contributed by atoms with van der Waals surface area (Å²) in [7, 11) is 0. The van der Waals surface area contributed by atoms with Crippen LogP contribution in [-0.2, 0) is 0 Å². The zero-order valence-corrected chi connectivity index (χ0v) is 5.74. The van der Waals surface area contributed by atoms with Crippen molar-refractivity contribution in [3.63, 3.8) is 0 Å². The highest BCUT2D eigenvalue weighted by Crippen LogP contribution is 1.98. The highest BCUT2D eigenvalue weighted by Gasteiger charge is 1.96. The molecule has 1 N–H and O–H groups in total. The molecule has 0 aliphatic carbocycles. The van der Waals surface area contributed by atoms with Crippen LogP contribution < -0.4 is 0 Å². The first kappa shape index (κ1) is 8.62. The van der Waals surface area contributed by atoms with E-state index in [1.165, 1.54) is 0 Å². The highest BCUT2D eigenvalue weighted by atomic mass is 16.8. The molecule has 0 aliphatic heterocycles. The molecular weight excluding hydrogens is 118 g/mol. The fourth-order valence-corrected chi connectivity index (χ4v) is 0.423. The Labute approximate surface area is 55.1 Å². The Kier molecular flexibility index (Phi) is 4.30. The summed E-state index contributed by atoms with van der Waals surface area (Å²) in [5, 5.41) is 18.4. The van der Waals surface area contributed by atoms with Crippen molar-refractivity contribution >= 4 is 0 Å². The quantitative estimate of drug-likeness (QED) is 0.465. The van der Waals surface area contributed by atoms with E-state index in [9.17, 15) is 5.21 Å². The van der Waals surface area contributed by atoms with Crippen LogP contribution in [-0.4, -0.2) is 16.5 Å². The molecule has 0 saturated heterocycles. The molecule has 0 fully saturated rings. The van der Waals surface area contributed by atoms with Crippen molar-refractivity contribution in [3.8, 4) is 0 Å². The summed E-state index contributed by atoms with van der Waals surface area (Å²) in [5.74, 6) is 0. The molecule has 0 bridgehead atoms. The fourth-order valence-electron chi connectivity index (χ4n) is 0.423. The molecule has 0 aromatic carbocycles. The van der Waals surface area contributed by atoms with E-state index in [0.717, 1.165) is 0 Å². The number of nitrogens with zero attached hydrogens (tertiary/aromatic N) is 1. The van der Waals surface area contributed by atoms with Gasteiger partial charge in [-0.1, -0.05) is 12.2 Å². The molecule has 9 heavy (non-hydrogen) atoms. The van der Waals surface area contributed by atoms with Crippen molar-refractivity contribution in [3.05, 3.63) is 17.4 Å². The van der Waals surface area contributed by atoms with Crippen LogP contribution in [0.4, 0.5) is 0 Å². The van der Waals surface area contributed by atoms with Gasteiger partial charge in [0.15, 0.2) is 0 Å². The van der Waals surface area contributed by atoms with Gasteiger partial charge in [-0.15, -0.1) is 0 Å².